The average molecular weight is 520 g/mol. The maximum atomic E-state index is 12.8. The molecule has 1 aliphatic rings. The van der Waals surface area contributed by atoms with Crippen molar-refractivity contribution in [3.63, 3.8) is 0 Å². The molecule has 1 saturated heterocycles. The molecule has 3 aromatic rings. The molecule has 0 saturated carbocycles. The van der Waals surface area contributed by atoms with Gasteiger partial charge in [0.1, 0.15) is 0 Å². The summed E-state index contributed by atoms with van der Waals surface area (Å²) in [6.07, 6.45) is 2.40. The second kappa shape index (κ2) is 10.5. The zero-order valence-corrected chi connectivity index (χ0v) is 22.8. The van der Waals surface area contributed by atoms with E-state index in [4.69, 9.17) is 4.43 Å². The molecule has 4 rings (SSSR count). The van der Waals surface area contributed by atoms with Crippen molar-refractivity contribution in [2.75, 3.05) is 6.61 Å². The summed E-state index contributed by atoms with van der Waals surface area (Å²) in [6.45, 7) is 6.96. The molecule has 36 heavy (non-hydrogen) atoms. The molecule has 0 radical (unpaired) electrons. The highest BCUT2D eigenvalue weighted by atomic mass is 32.2. The first-order valence-corrected chi connectivity index (χ1v) is 15.7. The summed E-state index contributed by atoms with van der Waals surface area (Å²) in [7, 11) is -6.41. The van der Waals surface area contributed by atoms with E-state index in [0.29, 0.717) is 19.4 Å². The van der Waals surface area contributed by atoms with Gasteiger partial charge in [0, 0.05) is 12.6 Å². The van der Waals surface area contributed by atoms with Crippen molar-refractivity contribution in [2.45, 2.75) is 49.6 Å². The Hall–Kier alpha value is -3.00. The molecule has 1 heterocycles. The molecule has 188 valence electrons. The Bertz CT molecular complexity index is 1260. The number of likely N-dealkylation sites (tertiary alicyclic amines) is 1. The van der Waals surface area contributed by atoms with E-state index < -0.39 is 18.2 Å². The molecule has 0 aromatic heterocycles. The van der Waals surface area contributed by atoms with Crippen LogP contribution in [-0.4, -0.2) is 40.2 Å². The highest BCUT2D eigenvalue weighted by molar-refractivity contribution is 7.94. The minimum Gasteiger partial charge on any atom is -0.405 e. The topological polar surface area (TPSA) is 63.7 Å². The van der Waals surface area contributed by atoms with Crippen molar-refractivity contribution in [3.8, 4) is 0 Å². The van der Waals surface area contributed by atoms with Gasteiger partial charge >= 0.3 is 0 Å². The highest BCUT2D eigenvalue weighted by Gasteiger charge is 2.50. The monoisotopic (exact) mass is 519 g/mol. The minimum absolute atomic E-state index is 0.0921. The zero-order chi connectivity index (χ0) is 25.8. The van der Waals surface area contributed by atoms with E-state index in [1.807, 2.05) is 36.4 Å². The lowest BCUT2D eigenvalue weighted by atomic mass is 10.2. The Morgan fingerprint density at radius 1 is 0.889 bits per heavy atom. The smallest absolute Gasteiger partial charge is 0.261 e. The van der Waals surface area contributed by atoms with Crippen LogP contribution in [0.2, 0.25) is 5.04 Å². The third-order valence-electron chi connectivity index (χ3n) is 6.75. The highest BCUT2D eigenvalue weighted by Crippen LogP contribution is 2.37. The molecule has 0 bridgehead atoms. The molecule has 0 spiro atoms. The maximum Gasteiger partial charge on any atom is 0.261 e. The Labute approximate surface area is 215 Å². The number of nitrogens with zero attached hydrogens (tertiary/aromatic N) is 1. The second-order valence-corrected chi connectivity index (χ2v) is 16.3. The molecule has 1 aliphatic heterocycles. The summed E-state index contributed by atoms with van der Waals surface area (Å²) in [5.41, 5.74) is 0. The molecular weight excluding hydrogens is 486 g/mol. The van der Waals surface area contributed by atoms with Gasteiger partial charge < -0.3 is 9.33 Å². The van der Waals surface area contributed by atoms with E-state index in [9.17, 15) is 13.2 Å². The standard InChI is InChI=1S/C29H33NO4SSi/c1-29(2,3)36(26-15-9-5-10-16-26,27-17-11-6-12-18-27)34-23-24-19-20-28(31)30(24)21-22-35(32,33)25-13-7-4-8-14-25/h4-18,21-22,24H,19-20,23H2,1-3H3/b22-21+. The van der Waals surface area contributed by atoms with Crippen LogP contribution in [0.4, 0.5) is 0 Å². The van der Waals surface area contributed by atoms with Gasteiger partial charge in [-0.15, -0.1) is 0 Å². The van der Waals surface area contributed by atoms with Crippen LogP contribution >= 0.6 is 0 Å². The predicted molar refractivity (Wildman–Crippen MR) is 146 cm³/mol. The first-order chi connectivity index (χ1) is 17.1. The van der Waals surface area contributed by atoms with Gasteiger partial charge in [-0.2, -0.15) is 0 Å². The molecule has 7 heteroatoms. The van der Waals surface area contributed by atoms with E-state index in [1.54, 1.807) is 30.3 Å². The SMILES string of the molecule is CC(C)(C)[Si](OCC1CCC(=O)N1/C=C/S(=O)(=O)c1ccccc1)(c1ccccc1)c1ccccc1. The first kappa shape index (κ1) is 26.1. The summed E-state index contributed by atoms with van der Waals surface area (Å²) in [5, 5.41) is 3.28. The van der Waals surface area contributed by atoms with Crippen molar-refractivity contribution < 1.29 is 17.6 Å². The lowest BCUT2D eigenvalue weighted by Gasteiger charge is -2.43. The fourth-order valence-electron chi connectivity index (χ4n) is 4.95. The van der Waals surface area contributed by atoms with Gasteiger partial charge in [-0.1, -0.05) is 99.6 Å². The Kier molecular flexibility index (Phi) is 7.64. The third kappa shape index (κ3) is 5.23. The van der Waals surface area contributed by atoms with E-state index in [-0.39, 0.29) is 21.9 Å². The van der Waals surface area contributed by atoms with Crippen molar-refractivity contribution in [2.24, 2.45) is 0 Å². The van der Waals surface area contributed by atoms with Crippen LogP contribution in [-0.2, 0) is 19.1 Å². The number of sulfone groups is 1. The van der Waals surface area contributed by atoms with Gasteiger partial charge in [0.25, 0.3) is 8.32 Å². The number of hydrogen-bond donors (Lipinski definition) is 0. The number of benzene rings is 3. The molecule has 0 N–H and O–H groups in total. The summed E-state index contributed by atoms with van der Waals surface area (Å²) < 4.78 is 32.6. The van der Waals surface area contributed by atoms with Crippen molar-refractivity contribution >= 4 is 34.4 Å². The normalized spacial score (nSPS) is 17.1. The van der Waals surface area contributed by atoms with E-state index >= 15 is 0 Å². The van der Waals surface area contributed by atoms with E-state index in [1.165, 1.54) is 21.5 Å². The van der Waals surface area contributed by atoms with Crippen LogP contribution in [0.3, 0.4) is 0 Å². The molecule has 5 nitrogen and oxygen atoms in total. The minimum atomic E-state index is -3.65. The van der Waals surface area contributed by atoms with Crippen molar-refractivity contribution in [1.29, 1.82) is 0 Å². The van der Waals surface area contributed by atoms with E-state index in [2.05, 4.69) is 45.0 Å². The summed E-state index contributed by atoms with van der Waals surface area (Å²) >= 11 is 0. The summed E-state index contributed by atoms with van der Waals surface area (Å²) in [6, 6.07) is 28.7. The molecule has 1 fully saturated rings. The van der Waals surface area contributed by atoms with Gasteiger partial charge in [0.2, 0.25) is 15.7 Å². The van der Waals surface area contributed by atoms with Gasteiger partial charge in [0.15, 0.2) is 0 Å². The Balaban J connectivity index is 1.65. The predicted octanol–water partition coefficient (Wildman–Crippen LogP) is 4.50. The lowest BCUT2D eigenvalue weighted by molar-refractivity contribution is -0.126. The number of carbonyl (C=O) groups excluding carboxylic acids is 1. The molecule has 1 unspecified atom stereocenters. The van der Waals surface area contributed by atoms with Crippen molar-refractivity contribution in [1.82, 2.24) is 4.90 Å². The number of rotatable bonds is 8. The van der Waals surface area contributed by atoms with E-state index in [0.717, 1.165) is 5.41 Å². The lowest BCUT2D eigenvalue weighted by Crippen LogP contribution is -2.67. The van der Waals surface area contributed by atoms with Gasteiger partial charge in [-0.3, -0.25) is 4.79 Å². The fourth-order valence-corrected chi connectivity index (χ4v) is 10.5. The summed E-state index contributed by atoms with van der Waals surface area (Å²) in [4.78, 5) is 14.5. The molecule has 1 amide bonds. The van der Waals surface area contributed by atoms with Gasteiger partial charge in [0.05, 0.1) is 23.0 Å². The number of amides is 1. The number of carbonyl (C=O) groups is 1. The first-order valence-electron chi connectivity index (χ1n) is 12.2. The largest absolute Gasteiger partial charge is 0.405 e. The van der Waals surface area contributed by atoms with Gasteiger partial charge in [-0.25, -0.2) is 8.42 Å². The molecular formula is C29H33NO4SSi. The molecule has 0 aliphatic carbocycles. The van der Waals surface area contributed by atoms with Crippen LogP contribution < -0.4 is 10.4 Å². The quantitative estimate of drug-likeness (QED) is 0.411. The van der Waals surface area contributed by atoms with Gasteiger partial charge in [-0.05, 0) is 34.0 Å². The van der Waals surface area contributed by atoms with Crippen LogP contribution in [0, 0.1) is 0 Å². The maximum absolute atomic E-state index is 12.8. The fraction of sp³-hybridized carbons (Fsp3) is 0.276. The molecule has 3 aromatic carbocycles. The molecule has 1 atom stereocenters. The van der Waals surface area contributed by atoms with Crippen molar-refractivity contribution in [3.05, 3.63) is 103 Å². The summed E-state index contributed by atoms with van der Waals surface area (Å²) in [5.74, 6) is -0.0921. The average Bonchev–Trinajstić information content (AvgIpc) is 3.23. The van der Waals surface area contributed by atoms with Crippen LogP contribution in [0.25, 0.3) is 0 Å². The second-order valence-electron chi connectivity index (χ2n) is 10.1. The van der Waals surface area contributed by atoms with Crippen LogP contribution in [0.5, 0.6) is 0 Å². The number of hydrogen-bond acceptors (Lipinski definition) is 4. The van der Waals surface area contributed by atoms with Crippen LogP contribution in [0.15, 0.2) is 107 Å². The Morgan fingerprint density at radius 3 is 1.89 bits per heavy atom. The third-order valence-corrected chi connectivity index (χ3v) is 13.2. The zero-order valence-electron chi connectivity index (χ0n) is 21.0. The van der Waals surface area contributed by atoms with Crippen LogP contribution in [0.1, 0.15) is 33.6 Å². The Morgan fingerprint density at radius 2 is 1.39 bits per heavy atom.